The van der Waals surface area contributed by atoms with E-state index in [1.54, 1.807) is 35.4 Å². The summed E-state index contributed by atoms with van der Waals surface area (Å²) in [4.78, 5) is 41.1. The van der Waals surface area contributed by atoms with Crippen molar-refractivity contribution in [1.29, 1.82) is 0 Å². The number of aryl methyl sites for hydroxylation is 1. The number of alkyl halides is 3. The number of Topliss-reactive ketones (excluding diaryl/α,β-unsaturated/α-hetero) is 1. The summed E-state index contributed by atoms with van der Waals surface area (Å²) in [5.74, 6) is 0.299. The van der Waals surface area contributed by atoms with E-state index in [0.29, 0.717) is 42.3 Å². The van der Waals surface area contributed by atoms with Crippen molar-refractivity contribution in [3.8, 4) is 0 Å². The van der Waals surface area contributed by atoms with Crippen molar-refractivity contribution in [1.82, 2.24) is 14.5 Å². The molecule has 0 atom stereocenters. The standard InChI is InChI=1S/C16H13ClF3NO.C12H15N3O2/c1-2-10-8-11(6-7-14(10)17)15(22)21-13-5-3-4-12(9-13)16(18,19)20;1-3-4-12(17)14-5-6-15-10(9(2)16)7-13-11(15)8-14/h3-9H,2H2,1H3,(H,21,22);3-4,7H,5-6,8H2,1-2H3/b;4-3+. The van der Waals surface area contributed by atoms with Crippen molar-refractivity contribution in [3.63, 3.8) is 0 Å². The molecule has 0 aliphatic carbocycles. The van der Waals surface area contributed by atoms with Crippen LogP contribution < -0.4 is 5.32 Å². The van der Waals surface area contributed by atoms with E-state index in [9.17, 15) is 27.6 Å². The highest BCUT2D eigenvalue weighted by atomic mass is 35.5. The predicted octanol–water partition coefficient (Wildman–Crippen LogP) is 6.18. The lowest BCUT2D eigenvalue weighted by molar-refractivity contribution is -0.137. The molecule has 1 N–H and O–H groups in total. The number of nitrogens with one attached hydrogen (secondary N) is 1. The van der Waals surface area contributed by atoms with Crippen molar-refractivity contribution < 1.29 is 27.6 Å². The minimum absolute atomic E-state index is 0.00822. The van der Waals surface area contributed by atoms with Gasteiger partial charge in [0, 0.05) is 36.3 Å². The highest BCUT2D eigenvalue weighted by Crippen LogP contribution is 2.31. The van der Waals surface area contributed by atoms with Gasteiger partial charge in [-0.1, -0.05) is 30.7 Å². The Hall–Kier alpha value is -3.92. The highest BCUT2D eigenvalue weighted by molar-refractivity contribution is 6.31. The lowest BCUT2D eigenvalue weighted by atomic mass is 10.1. The molecule has 0 saturated carbocycles. The quantitative estimate of drug-likeness (QED) is 0.298. The van der Waals surface area contributed by atoms with Crippen LogP contribution in [0.3, 0.4) is 0 Å². The average molecular weight is 561 g/mol. The van der Waals surface area contributed by atoms with E-state index in [1.165, 1.54) is 25.1 Å². The fraction of sp³-hybridized carbons (Fsp3) is 0.286. The third-order valence-corrected chi connectivity index (χ3v) is 6.35. The zero-order valence-corrected chi connectivity index (χ0v) is 22.4. The van der Waals surface area contributed by atoms with E-state index in [4.69, 9.17) is 11.6 Å². The third kappa shape index (κ3) is 7.57. The molecule has 0 unspecified atom stereocenters. The summed E-state index contributed by atoms with van der Waals surface area (Å²) >= 11 is 5.98. The van der Waals surface area contributed by atoms with Gasteiger partial charge in [0.25, 0.3) is 5.91 Å². The molecule has 0 saturated heterocycles. The topological polar surface area (TPSA) is 84.3 Å². The number of benzene rings is 2. The van der Waals surface area contributed by atoms with Crippen molar-refractivity contribution in [2.45, 2.75) is 46.5 Å². The highest BCUT2D eigenvalue weighted by Gasteiger charge is 2.30. The first-order valence-electron chi connectivity index (χ1n) is 12.2. The van der Waals surface area contributed by atoms with Crippen LogP contribution >= 0.6 is 11.6 Å². The van der Waals surface area contributed by atoms with E-state index in [0.717, 1.165) is 23.5 Å². The molecule has 7 nitrogen and oxygen atoms in total. The van der Waals surface area contributed by atoms with E-state index >= 15 is 0 Å². The normalized spacial score (nSPS) is 12.9. The Morgan fingerprint density at radius 3 is 2.51 bits per heavy atom. The molecule has 3 aromatic rings. The van der Waals surface area contributed by atoms with Crippen LogP contribution in [0.2, 0.25) is 5.02 Å². The molecule has 1 aliphatic rings. The van der Waals surface area contributed by atoms with E-state index < -0.39 is 17.6 Å². The maximum atomic E-state index is 12.6. The zero-order chi connectivity index (χ0) is 28.7. The minimum Gasteiger partial charge on any atom is -0.330 e. The van der Waals surface area contributed by atoms with Crippen LogP contribution in [0.15, 0.2) is 60.8 Å². The number of rotatable bonds is 5. The molecule has 0 radical (unpaired) electrons. The third-order valence-electron chi connectivity index (χ3n) is 5.98. The van der Waals surface area contributed by atoms with Crippen molar-refractivity contribution >= 4 is 34.9 Å². The molecule has 39 heavy (non-hydrogen) atoms. The Labute approximate surface area is 229 Å². The van der Waals surface area contributed by atoms with E-state index in [1.807, 2.05) is 18.4 Å². The second kappa shape index (κ2) is 12.8. The number of ketones is 1. The molecule has 11 heteroatoms. The van der Waals surface area contributed by atoms with Gasteiger partial charge >= 0.3 is 6.18 Å². The van der Waals surface area contributed by atoms with Gasteiger partial charge in [-0.25, -0.2) is 4.98 Å². The minimum atomic E-state index is -4.45. The summed E-state index contributed by atoms with van der Waals surface area (Å²) in [6, 6.07) is 9.26. The smallest absolute Gasteiger partial charge is 0.330 e. The number of hydrogen-bond acceptors (Lipinski definition) is 4. The molecule has 2 heterocycles. The van der Waals surface area contributed by atoms with Gasteiger partial charge in [0.15, 0.2) is 5.78 Å². The van der Waals surface area contributed by atoms with Crippen molar-refractivity contribution in [2.24, 2.45) is 0 Å². The second-order valence-corrected chi connectivity index (χ2v) is 9.13. The van der Waals surface area contributed by atoms with Crippen molar-refractivity contribution in [2.75, 3.05) is 11.9 Å². The first-order valence-corrected chi connectivity index (χ1v) is 12.6. The summed E-state index contributed by atoms with van der Waals surface area (Å²) in [5, 5.41) is 3.01. The Kier molecular flexibility index (Phi) is 9.69. The number of carbonyl (C=O) groups is 3. The Balaban J connectivity index is 0.000000223. The fourth-order valence-corrected chi connectivity index (χ4v) is 4.19. The Bertz CT molecular complexity index is 1400. The summed E-state index contributed by atoms with van der Waals surface area (Å²) in [6.07, 6.45) is 1.07. The summed E-state index contributed by atoms with van der Waals surface area (Å²) in [5.41, 5.74) is 1.05. The van der Waals surface area contributed by atoms with E-state index in [2.05, 4.69) is 10.3 Å². The van der Waals surface area contributed by atoms with Gasteiger partial charge in [0.2, 0.25) is 5.91 Å². The van der Waals surface area contributed by atoms with E-state index in [-0.39, 0.29) is 17.4 Å². The number of hydrogen-bond donors (Lipinski definition) is 1. The number of anilines is 1. The maximum absolute atomic E-state index is 12.6. The number of carbonyl (C=O) groups excluding carboxylic acids is 3. The lowest BCUT2D eigenvalue weighted by Crippen LogP contribution is -2.38. The fourth-order valence-electron chi connectivity index (χ4n) is 3.94. The van der Waals surface area contributed by atoms with Gasteiger partial charge in [0.1, 0.15) is 11.5 Å². The molecule has 206 valence electrons. The number of aromatic nitrogens is 2. The Morgan fingerprint density at radius 1 is 1.13 bits per heavy atom. The SMILES string of the molecule is C/C=C/C(=O)N1CCn2c(C(C)=O)cnc2C1.CCc1cc(C(=O)Nc2cccc(C(F)(F)F)c2)ccc1Cl. The van der Waals surface area contributed by atoms with Gasteiger partial charge in [-0.2, -0.15) is 13.2 Å². The van der Waals surface area contributed by atoms with Gasteiger partial charge < -0.3 is 14.8 Å². The van der Waals surface area contributed by atoms with Crippen LogP contribution in [0, 0.1) is 0 Å². The van der Waals surface area contributed by atoms with Crippen LogP contribution in [0.25, 0.3) is 0 Å². The molecular weight excluding hydrogens is 533 g/mol. The summed E-state index contributed by atoms with van der Waals surface area (Å²) in [6.45, 7) is 6.96. The first kappa shape index (κ1) is 29.6. The van der Waals surface area contributed by atoms with Crippen LogP contribution in [-0.4, -0.2) is 38.6 Å². The lowest BCUT2D eigenvalue weighted by Gasteiger charge is -2.27. The van der Waals surface area contributed by atoms with Gasteiger partial charge in [-0.15, -0.1) is 0 Å². The average Bonchev–Trinajstić information content (AvgIpc) is 3.33. The number of amides is 2. The van der Waals surface area contributed by atoms with Crippen molar-refractivity contribution in [3.05, 3.63) is 94.0 Å². The number of imidazole rings is 1. The molecule has 1 aromatic heterocycles. The zero-order valence-electron chi connectivity index (χ0n) is 21.7. The molecule has 4 rings (SSSR count). The van der Waals surface area contributed by atoms with Gasteiger partial charge in [-0.3, -0.25) is 14.4 Å². The molecule has 2 amide bonds. The molecule has 2 aromatic carbocycles. The summed E-state index contributed by atoms with van der Waals surface area (Å²) < 4.78 is 39.8. The van der Waals surface area contributed by atoms with Gasteiger partial charge in [0.05, 0.1) is 18.3 Å². The predicted molar refractivity (Wildman–Crippen MR) is 143 cm³/mol. The summed E-state index contributed by atoms with van der Waals surface area (Å²) in [7, 11) is 0. The number of halogens is 4. The first-order chi connectivity index (χ1) is 18.4. The monoisotopic (exact) mass is 560 g/mol. The molecule has 1 aliphatic heterocycles. The largest absolute Gasteiger partial charge is 0.416 e. The molecule has 0 fully saturated rings. The number of nitrogens with zero attached hydrogens (tertiary/aromatic N) is 3. The molecule has 0 bridgehead atoms. The van der Waals surface area contributed by atoms with Gasteiger partial charge in [-0.05, 0) is 61.4 Å². The number of allylic oxidation sites excluding steroid dienone is 1. The van der Waals surface area contributed by atoms with Crippen LogP contribution in [0.5, 0.6) is 0 Å². The van der Waals surface area contributed by atoms with Crippen LogP contribution in [-0.2, 0) is 30.5 Å². The van der Waals surface area contributed by atoms with Crippen LogP contribution in [0.4, 0.5) is 18.9 Å². The molecule has 0 spiro atoms. The number of fused-ring (bicyclic) bond motifs is 1. The second-order valence-electron chi connectivity index (χ2n) is 8.72. The molecular formula is C28H28ClF3N4O3. The Morgan fingerprint density at radius 2 is 1.87 bits per heavy atom. The van der Waals surface area contributed by atoms with Crippen LogP contribution in [0.1, 0.15) is 58.6 Å². The maximum Gasteiger partial charge on any atom is 0.416 e.